The van der Waals surface area contributed by atoms with E-state index >= 15 is 0 Å². The van der Waals surface area contributed by atoms with Gasteiger partial charge >= 0.3 is 0 Å². The Bertz CT molecular complexity index is 1650. The van der Waals surface area contributed by atoms with E-state index < -0.39 is 26.2 Å². The third kappa shape index (κ3) is 15.2. The van der Waals surface area contributed by atoms with Gasteiger partial charge in [-0.05, 0) is 118 Å². The standard InChI is InChI=1S/C34H44FNO6S.C2H6O2S/c1-6-8-28(20-27(35)9-7-10-29(38)22-37)36-21-26-11-12-33(41-23(2)3)32(19-26)34-24(4)17-31(18-25(34)5)42-30-13-15-43(39,40)16-14-30;1-5(2,3)4/h6,8,11-12,17-20,23,30,36-37H,1,7,9-10,13-16,21-22H2,2-5H3;1H2,2H3,(H,3,4)/b27-20+,28-8+;. The minimum Gasteiger partial charge on any atom is -0.490 e. The molecule has 0 amide bonds. The van der Waals surface area contributed by atoms with Crippen LogP contribution in [-0.4, -0.2) is 70.5 Å². The number of aryl methyl sites for hydroxylation is 2. The molecule has 1 aliphatic heterocycles. The van der Waals surface area contributed by atoms with Gasteiger partial charge in [0.05, 0.1) is 27.4 Å². The van der Waals surface area contributed by atoms with E-state index in [4.69, 9.17) is 19.1 Å². The normalized spacial score (nSPS) is 16.4. The second-order valence-corrected chi connectivity index (χ2v) is 16.4. The van der Waals surface area contributed by atoms with Crippen molar-refractivity contribution < 1.29 is 40.9 Å². The molecule has 0 saturated carbocycles. The van der Waals surface area contributed by atoms with Gasteiger partial charge in [0, 0.05) is 30.5 Å². The number of aliphatic hydroxyl groups excluding tert-OH is 1. The first kappa shape index (κ1) is 40.7. The zero-order valence-electron chi connectivity index (χ0n) is 28.6. The van der Waals surface area contributed by atoms with Crippen LogP contribution in [0.3, 0.4) is 0 Å². The van der Waals surface area contributed by atoms with Crippen LogP contribution in [0.4, 0.5) is 4.39 Å². The molecule has 0 bridgehead atoms. The van der Waals surface area contributed by atoms with Gasteiger partial charge in [0.15, 0.2) is 15.6 Å². The van der Waals surface area contributed by atoms with E-state index in [-0.39, 0.29) is 48.2 Å². The predicted octanol–water partition coefficient (Wildman–Crippen LogP) is 6.26. The summed E-state index contributed by atoms with van der Waals surface area (Å²) in [6.45, 7) is 11.6. The van der Waals surface area contributed by atoms with E-state index in [9.17, 15) is 21.8 Å². The van der Waals surface area contributed by atoms with Crippen molar-refractivity contribution in [3.8, 4) is 22.6 Å². The monoisotopic (exact) mass is 707 g/mol. The van der Waals surface area contributed by atoms with Gasteiger partial charge in [-0.25, -0.2) is 17.0 Å². The lowest BCUT2D eigenvalue weighted by Crippen LogP contribution is -2.30. The van der Waals surface area contributed by atoms with Crippen molar-refractivity contribution in [3.05, 3.63) is 83.4 Å². The molecule has 0 spiro atoms. The number of benzene rings is 2. The Morgan fingerprint density at radius 3 is 2.29 bits per heavy atom. The maximum atomic E-state index is 14.5. The summed E-state index contributed by atoms with van der Waals surface area (Å²) in [6.07, 6.45) is 7.22. The lowest BCUT2D eigenvalue weighted by Gasteiger charge is -2.24. The first-order valence-corrected chi connectivity index (χ1v) is 19.7. The van der Waals surface area contributed by atoms with Gasteiger partial charge in [-0.3, -0.25) is 4.79 Å². The second-order valence-electron chi connectivity index (χ2n) is 12.2. The molecule has 48 heavy (non-hydrogen) atoms. The number of rotatable bonds is 15. The highest BCUT2D eigenvalue weighted by molar-refractivity contribution is 7.94. The fourth-order valence-electron chi connectivity index (χ4n) is 5.10. The molecule has 1 saturated heterocycles. The highest BCUT2D eigenvalue weighted by Crippen LogP contribution is 2.38. The van der Waals surface area contributed by atoms with E-state index in [1.165, 1.54) is 6.08 Å². The first-order chi connectivity index (χ1) is 22.4. The summed E-state index contributed by atoms with van der Waals surface area (Å²) in [5.74, 6) is 3.97. The highest BCUT2D eigenvalue weighted by atomic mass is 32.2. The fraction of sp³-hybridized carbons (Fsp3) is 0.444. The van der Waals surface area contributed by atoms with Crippen LogP contribution in [0, 0.1) is 13.8 Å². The number of ether oxygens (including phenoxy) is 2. The van der Waals surface area contributed by atoms with Gasteiger partial charge in [-0.15, -0.1) is 0 Å². The smallest absolute Gasteiger partial charge is 0.158 e. The molecule has 2 aromatic rings. The number of nitrogens with one attached hydrogen (secondary N) is 1. The van der Waals surface area contributed by atoms with E-state index in [2.05, 4.69) is 23.8 Å². The van der Waals surface area contributed by atoms with Crippen molar-refractivity contribution >= 4 is 31.3 Å². The van der Waals surface area contributed by atoms with Crippen molar-refractivity contribution in [2.45, 2.75) is 78.6 Å². The van der Waals surface area contributed by atoms with Gasteiger partial charge in [0.2, 0.25) is 0 Å². The summed E-state index contributed by atoms with van der Waals surface area (Å²) >= 11 is 0. The van der Waals surface area contributed by atoms with Crippen LogP contribution in [-0.2, 0) is 31.0 Å². The average molecular weight is 708 g/mol. The Morgan fingerprint density at radius 2 is 1.75 bits per heavy atom. The van der Waals surface area contributed by atoms with Crippen molar-refractivity contribution in [3.63, 3.8) is 0 Å². The maximum absolute atomic E-state index is 14.5. The van der Waals surface area contributed by atoms with Crippen molar-refractivity contribution in [2.75, 3.05) is 24.4 Å². The van der Waals surface area contributed by atoms with Crippen LogP contribution in [0.15, 0.2) is 66.7 Å². The molecule has 0 radical (unpaired) electrons. The number of hydrogen-bond donors (Lipinski definition) is 3. The van der Waals surface area contributed by atoms with Crippen molar-refractivity contribution in [1.82, 2.24) is 5.32 Å². The zero-order valence-corrected chi connectivity index (χ0v) is 30.2. The highest BCUT2D eigenvalue weighted by Gasteiger charge is 2.25. The number of halogens is 1. The third-order valence-electron chi connectivity index (χ3n) is 7.14. The summed E-state index contributed by atoms with van der Waals surface area (Å²) in [5.41, 5.74) is 5.49. The number of carbonyl (C=O) groups excluding carboxylic acids is 1. The molecule has 1 fully saturated rings. The number of Topliss-reactive ketones (excluding diaryl/α,β-unsaturated/α-hetero) is 1. The molecular weight excluding hydrogens is 658 g/mol. The van der Waals surface area contributed by atoms with Gasteiger partial charge < -0.3 is 24.4 Å². The summed E-state index contributed by atoms with van der Waals surface area (Å²) < 4.78 is 68.1. The Kier molecular flexibility index (Phi) is 16.1. The molecule has 266 valence electrons. The van der Waals surface area contributed by atoms with E-state index in [1.54, 1.807) is 12.2 Å². The second kappa shape index (κ2) is 18.9. The van der Waals surface area contributed by atoms with Gasteiger partial charge in [0.25, 0.3) is 0 Å². The molecular formula is C36H50FNO8S2. The number of allylic oxidation sites excluding steroid dienone is 4. The molecule has 12 heteroatoms. The van der Waals surface area contributed by atoms with E-state index in [0.717, 1.165) is 45.6 Å². The first-order valence-electron chi connectivity index (χ1n) is 15.8. The number of sulfone groups is 1. The molecule has 1 unspecified atom stereocenters. The molecule has 3 rings (SSSR count). The van der Waals surface area contributed by atoms with E-state index in [0.29, 0.717) is 31.5 Å². The summed E-state index contributed by atoms with van der Waals surface area (Å²) in [5, 5.41) is 12.1. The van der Waals surface area contributed by atoms with Crippen LogP contribution in [0.1, 0.15) is 62.6 Å². The van der Waals surface area contributed by atoms with Crippen LogP contribution in [0.25, 0.3) is 11.1 Å². The maximum Gasteiger partial charge on any atom is 0.158 e. The minimum atomic E-state index is -2.96. The Labute approximate surface area is 285 Å². The number of carbonyl (C=O) groups is 1. The number of ketones is 1. The molecule has 9 nitrogen and oxygen atoms in total. The molecule has 0 aromatic heterocycles. The number of hydrogen-bond acceptors (Lipinski definition) is 8. The molecule has 3 N–H and O–H groups in total. The van der Waals surface area contributed by atoms with Crippen LogP contribution < -0.4 is 14.8 Å². The van der Waals surface area contributed by atoms with Crippen LogP contribution in [0.2, 0.25) is 0 Å². The zero-order chi connectivity index (χ0) is 36.1. The molecule has 1 atom stereocenters. The van der Waals surface area contributed by atoms with Crippen molar-refractivity contribution in [1.29, 1.82) is 0 Å². The Balaban J connectivity index is 0.00000149. The quantitative estimate of drug-likeness (QED) is 0.145. The SMILES string of the molecule is C=C/C=C(\C=C(\F)CCCC(=O)CO)NCc1ccc(OC(C)C)c(-c2c(C)cc(OC3CCS(=O)(=O)CC3)cc2C)c1.C=S(C)(=O)O. The van der Waals surface area contributed by atoms with E-state index in [1.807, 2.05) is 52.0 Å². The molecule has 1 heterocycles. The lowest BCUT2D eigenvalue weighted by atomic mass is 9.93. The average Bonchev–Trinajstić information content (AvgIpc) is 2.96. The minimum absolute atomic E-state index is 0.0311. The molecule has 2 aromatic carbocycles. The van der Waals surface area contributed by atoms with Crippen molar-refractivity contribution in [2.24, 2.45) is 0 Å². The summed E-state index contributed by atoms with van der Waals surface area (Å²) in [6, 6.07) is 9.96. The predicted molar refractivity (Wildman–Crippen MR) is 193 cm³/mol. The van der Waals surface area contributed by atoms with Gasteiger partial charge in [-0.1, -0.05) is 18.7 Å². The Hall–Kier alpha value is -3.45. The van der Waals surface area contributed by atoms with Gasteiger partial charge in [0.1, 0.15) is 30.0 Å². The lowest BCUT2D eigenvalue weighted by molar-refractivity contribution is -0.121. The third-order valence-corrected chi connectivity index (χ3v) is 8.86. The molecule has 0 aliphatic carbocycles. The van der Waals surface area contributed by atoms with Crippen LogP contribution >= 0.6 is 0 Å². The topological polar surface area (TPSA) is 139 Å². The molecule has 1 aliphatic rings. The number of aliphatic hydroxyl groups is 1. The Morgan fingerprint density at radius 1 is 1.15 bits per heavy atom. The fourth-order valence-corrected chi connectivity index (χ4v) is 6.55. The largest absolute Gasteiger partial charge is 0.490 e. The summed E-state index contributed by atoms with van der Waals surface area (Å²) in [4.78, 5) is 11.3. The van der Waals surface area contributed by atoms with Gasteiger partial charge in [-0.2, -0.15) is 0 Å². The van der Waals surface area contributed by atoms with Crippen LogP contribution in [0.5, 0.6) is 11.5 Å². The summed E-state index contributed by atoms with van der Waals surface area (Å²) in [7, 11) is -5.63.